The Hall–Kier alpha value is -4.01. The normalized spacial score (nSPS) is 12.8. The van der Waals surface area contributed by atoms with Crippen molar-refractivity contribution in [1.82, 2.24) is 14.9 Å². The first kappa shape index (κ1) is 20.3. The van der Waals surface area contributed by atoms with E-state index in [0.29, 0.717) is 46.9 Å². The molecule has 2 amide bonds. The number of nitrogens with one attached hydrogen (secondary N) is 2. The maximum atomic E-state index is 13.2. The molecule has 3 aromatic rings. The molecule has 0 fully saturated rings. The predicted octanol–water partition coefficient (Wildman–Crippen LogP) is 2.95. The molecule has 2 aromatic carbocycles. The molecule has 1 aliphatic rings. The van der Waals surface area contributed by atoms with Crippen LogP contribution in [-0.2, 0) is 17.7 Å². The average Bonchev–Trinajstić information content (AvgIpc) is 2.78. The molecule has 158 valence electrons. The van der Waals surface area contributed by atoms with Gasteiger partial charge in [0.25, 0.3) is 5.56 Å². The predicted molar refractivity (Wildman–Crippen MR) is 111 cm³/mol. The van der Waals surface area contributed by atoms with Crippen molar-refractivity contribution in [2.24, 2.45) is 0 Å². The van der Waals surface area contributed by atoms with Gasteiger partial charge in [-0.25, -0.2) is 19.0 Å². The van der Waals surface area contributed by atoms with Gasteiger partial charge in [-0.3, -0.25) is 4.79 Å². The molecule has 1 aromatic heterocycles. The lowest BCUT2D eigenvalue weighted by Gasteiger charge is -2.28. The molecule has 0 atom stereocenters. The van der Waals surface area contributed by atoms with Gasteiger partial charge in [0.2, 0.25) is 0 Å². The number of methoxy groups -OCH3 is 1. The summed E-state index contributed by atoms with van der Waals surface area (Å²) in [6.45, 7) is 0.492. The van der Waals surface area contributed by atoms with Crippen molar-refractivity contribution in [2.75, 3.05) is 19.0 Å². The molecule has 0 saturated heterocycles. The minimum Gasteiger partial charge on any atom is -0.465 e. The number of carbonyl (C=O) groups is 2. The van der Waals surface area contributed by atoms with Crippen LogP contribution in [0.25, 0.3) is 11.4 Å². The highest BCUT2D eigenvalue weighted by Crippen LogP contribution is 2.20. The second-order valence-corrected chi connectivity index (χ2v) is 7.02. The van der Waals surface area contributed by atoms with E-state index in [1.165, 1.54) is 42.3 Å². The maximum Gasteiger partial charge on any atom is 0.337 e. The van der Waals surface area contributed by atoms with Crippen molar-refractivity contribution >= 4 is 17.7 Å². The number of hydrogen-bond acceptors (Lipinski definition) is 5. The molecule has 1 aliphatic heterocycles. The highest BCUT2D eigenvalue weighted by atomic mass is 19.1. The Morgan fingerprint density at radius 1 is 1.19 bits per heavy atom. The number of rotatable bonds is 3. The van der Waals surface area contributed by atoms with E-state index >= 15 is 0 Å². The number of urea groups is 1. The molecular weight excluding hydrogens is 403 g/mol. The van der Waals surface area contributed by atoms with Crippen LogP contribution in [0.4, 0.5) is 14.9 Å². The molecule has 2 heterocycles. The number of carbonyl (C=O) groups excluding carboxylic acids is 2. The van der Waals surface area contributed by atoms with Crippen molar-refractivity contribution in [3.63, 3.8) is 0 Å². The Morgan fingerprint density at radius 3 is 2.71 bits per heavy atom. The van der Waals surface area contributed by atoms with Gasteiger partial charge >= 0.3 is 12.0 Å². The smallest absolute Gasteiger partial charge is 0.337 e. The number of amides is 2. The molecule has 31 heavy (non-hydrogen) atoms. The molecule has 0 unspecified atom stereocenters. The fourth-order valence-electron chi connectivity index (χ4n) is 3.40. The third-order valence-electron chi connectivity index (χ3n) is 5.01. The summed E-state index contributed by atoms with van der Waals surface area (Å²) >= 11 is 0. The molecule has 0 spiro atoms. The molecule has 0 bridgehead atoms. The number of hydrogen-bond donors (Lipinski definition) is 2. The van der Waals surface area contributed by atoms with E-state index in [-0.39, 0.29) is 24.0 Å². The molecule has 9 heteroatoms. The zero-order valence-corrected chi connectivity index (χ0v) is 16.6. The van der Waals surface area contributed by atoms with Crippen LogP contribution in [0.5, 0.6) is 0 Å². The lowest BCUT2D eigenvalue weighted by Crippen LogP contribution is -2.41. The summed E-state index contributed by atoms with van der Waals surface area (Å²) in [5.74, 6) is -0.570. The van der Waals surface area contributed by atoms with E-state index in [4.69, 9.17) is 4.74 Å². The summed E-state index contributed by atoms with van der Waals surface area (Å²) in [5, 5.41) is 2.75. The SMILES string of the molecule is COC(=O)c1cccc(NC(=O)N2CCc3c(nc(-c4ccc(F)cc4)[nH]c3=O)C2)c1. The number of benzene rings is 2. The second kappa shape index (κ2) is 8.39. The lowest BCUT2D eigenvalue weighted by molar-refractivity contribution is 0.0600. The number of ether oxygens (including phenoxy) is 1. The van der Waals surface area contributed by atoms with Crippen molar-refractivity contribution in [2.45, 2.75) is 13.0 Å². The summed E-state index contributed by atoms with van der Waals surface area (Å²) in [6.07, 6.45) is 0.358. The minimum absolute atomic E-state index is 0.149. The van der Waals surface area contributed by atoms with Gasteiger partial charge in [-0.05, 0) is 48.9 Å². The van der Waals surface area contributed by atoms with Crippen LogP contribution in [0.3, 0.4) is 0 Å². The van der Waals surface area contributed by atoms with E-state index in [9.17, 15) is 18.8 Å². The number of aromatic nitrogens is 2. The van der Waals surface area contributed by atoms with Gasteiger partial charge in [-0.2, -0.15) is 0 Å². The lowest BCUT2D eigenvalue weighted by atomic mass is 10.1. The Labute approximate surface area is 176 Å². The van der Waals surface area contributed by atoms with Crippen LogP contribution < -0.4 is 10.9 Å². The second-order valence-electron chi connectivity index (χ2n) is 7.02. The fraction of sp³-hybridized carbons (Fsp3) is 0.182. The zero-order valence-electron chi connectivity index (χ0n) is 16.6. The van der Waals surface area contributed by atoms with Gasteiger partial charge in [-0.1, -0.05) is 6.07 Å². The number of halogens is 1. The van der Waals surface area contributed by atoms with Crippen LogP contribution in [0.15, 0.2) is 53.3 Å². The first-order valence-corrected chi connectivity index (χ1v) is 9.57. The highest BCUT2D eigenvalue weighted by Gasteiger charge is 2.25. The summed E-state index contributed by atoms with van der Waals surface area (Å²) in [4.78, 5) is 45.7. The summed E-state index contributed by atoms with van der Waals surface area (Å²) in [5.41, 5.74) is 2.10. The van der Waals surface area contributed by atoms with Crippen LogP contribution in [0, 0.1) is 5.82 Å². The number of aromatic amines is 1. The third-order valence-corrected chi connectivity index (χ3v) is 5.01. The van der Waals surface area contributed by atoms with Crippen molar-refractivity contribution in [3.05, 3.63) is 81.5 Å². The van der Waals surface area contributed by atoms with E-state index in [1.807, 2.05) is 0 Å². The molecule has 8 nitrogen and oxygen atoms in total. The van der Waals surface area contributed by atoms with E-state index in [0.717, 1.165) is 0 Å². The van der Waals surface area contributed by atoms with E-state index in [1.54, 1.807) is 18.2 Å². The van der Waals surface area contributed by atoms with Crippen LogP contribution in [-0.4, -0.2) is 40.5 Å². The topological polar surface area (TPSA) is 104 Å². The zero-order chi connectivity index (χ0) is 22.0. The van der Waals surface area contributed by atoms with Gasteiger partial charge in [0.05, 0.1) is 24.9 Å². The van der Waals surface area contributed by atoms with Gasteiger partial charge in [0.15, 0.2) is 0 Å². The number of fused-ring (bicyclic) bond motifs is 1. The van der Waals surface area contributed by atoms with Crippen molar-refractivity contribution in [3.8, 4) is 11.4 Å². The molecule has 2 N–H and O–H groups in total. The van der Waals surface area contributed by atoms with Crippen LogP contribution >= 0.6 is 0 Å². The van der Waals surface area contributed by atoms with Gasteiger partial charge in [0.1, 0.15) is 11.6 Å². The summed E-state index contributed by atoms with van der Waals surface area (Å²) in [6, 6.07) is 11.7. The number of esters is 1. The Balaban J connectivity index is 1.54. The highest BCUT2D eigenvalue weighted by molar-refractivity contribution is 5.94. The Kier molecular flexibility index (Phi) is 5.48. The first-order chi connectivity index (χ1) is 14.9. The first-order valence-electron chi connectivity index (χ1n) is 9.57. The molecule has 0 saturated carbocycles. The van der Waals surface area contributed by atoms with E-state index < -0.39 is 5.97 Å². The molecule has 4 rings (SSSR count). The largest absolute Gasteiger partial charge is 0.465 e. The summed E-state index contributed by atoms with van der Waals surface area (Å²) < 4.78 is 17.9. The molecule has 0 radical (unpaired) electrons. The quantitative estimate of drug-likeness (QED) is 0.632. The van der Waals surface area contributed by atoms with Gasteiger partial charge < -0.3 is 19.9 Å². The minimum atomic E-state index is -0.500. The van der Waals surface area contributed by atoms with Crippen LogP contribution in [0.2, 0.25) is 0 Å². The monoisotopic (exact) mass is 422 g/mol. The Morgan fingerprint density at radius 2 is 1.97 bits per heavy atom. The standard InChI is InChI=1S/C22H19FN4O4/c1-31-21(29)14-3-2-4-16(11-14)24-22(30)27-10-9-17-18(12-27)25-19(26-20(17)28)13-5-7-15(23)8-6-13/h2-8,11H,9-10,12H2,1H3,(H,24,30)(H,25,26,28). The van der Waals surface area contributed by atoms with Crippen molar-refractivity contribution in [1.29, 1.82) is 0 Å². The molecule has 0 aliphatic carbocycles. The van der Waals surface area contributed by atoms with Crippen molar-refractivity contribution < 1.29 is 18.7 Å². The van der Waals surface area contributed by atoms with E-state index in [2.05, 4.69) is 15.3 Å². The number of H-pyrrole nitrogens is 1. The summed E-state index contributed by atoms with van der Waals surface area (Å²) in [7, 11) is 1.29. The average molecular weight is 422 g/mol. The third kappa shape index (κ3) is 4.30. The van der Waals surface area contributed by atoms with Gasteiger partial charge in [-0.15, -0.1) is 0 Å². The van der Waals surface area contributed by atoms with Gasteiger partial charge in [0, 0.05) is 23.4 Å². The molecular formula is C22H19FN4O4. The maximum absolute atomic E-state index is 13.2. The number of nitrogens with zero attached hydrogens (tertiary/aromatic N) is 2. The number of anilines is 1. The van der Waals surface area contributed by atoms with Crippen LogP contribution in [0.1, 0.15) is 21.6 Å². The fourth-order valence-corrected chi connectivity index (χ4v) is 3.40. The Bertz CT molecular complexity index is 1210.